The van der Waals surface area contributed by atoms with E-state index >= 15 is 0 Å². The zero-order valence-corrected chi connectivity index (χ0v) is 12.8. The Morgan fingerprint density at radius 2 is 2.16 bits per heavy atom. The number of primary amides is 1. The van der Waals surface area contributed by atoms with Gasteiger partial charge in [0, 0.05) is 16.6 Å². The Bertz CT molecular complexity index is 524. The summed E-state index contributed by atoms with van der Waals surface area (Å²) in [6.07, 6.45) is 1.42. The van der Waals surface area contributed by atoms with E-state index in [-0.39, 0.29) is 5.91 Å². The summed E-state index contributed by atoms with van der Waals surface area (Å²) in [4.78, 5) is 25.3. The number of hydrogen-bond donors (Lipinski definition) is 1. The number of hydrogen-bond acceptors (Lipinski definition) is 2. The van der Waals surface area contributed by atoms with Gasteiger partial charge in [0.25, 0.3) is 5.91 Å². The first-order chi connectivity index (χ1) is 8.91. The van der Waals surface area contributed by atoms with Crippen LogP contribution < -0.4 is 5.73 Å². The molecule has 1 aromatic rings. The van der Waals surface area contributed by atoms with Crippen molar-refractivity contribution in [1.29, 1.82) is 0 Å². The smallest absolute Gasteiger partial charge is 0.254 e. The van der Waals surface area contributed by atoms with E-state index in [4.69, 9.17) is 17.3 Å². The molecular formula is C13H14BrClN2O2. The van der Waals surface area contributed by atoms with Crippen LogP contribution in [0, 0.1) is 6.92 Å². The molecule has 0 bridgehead atoms. The molecular weight excluding hydrogens is 332 g/mol. The summed E-state index contributed by atoms with van der Waals surface area (Å²) in [5.74, 6) is -0.649. The summed E-state index contributed by atoms with van der Waals surface area (Å²) in [7, 11) is 0. The molecule has 4 nitrogen and oxygen atoms in total. The maximum absolute atomic E-state index is 12.4. The van der Waals surface area contributed by atoms with Gasteiger partial charge in [-0.2, -0.15) is 0 Å². The molecule has 1 aliphatic rings. The molecule has 6 heteroatoms. The van der Waals surface area contributed by atoms with Gasteiger partial charge in [-0.15, -0.1) is 0 Å². The third-order valence-electron chi connectivity index (χ3n) is 3.30. The lowest BCUT2D eigenvalue weighted by Crippen LogP contribution is -2.43. The molecule has 102 valence electrons. The molecule has 2 rings (SSSR count). The summed E-state index contributed by atoms with van der Waals surface area (Å²) < 4.78 is 0.776. The number of carbonyl (C=O) groups is 2. The molecule has 1 heterocycles. The van der Waals surface area contributed by atoms with Crippen molar-refractivity contribution in [2.75, 3.05) is 6.54 Å². The summed E-state index contributed by atoms with van der Waals surface area (Å²) in [6, 6.07) is 2.86. The highest BCUT2D eigenvalue weighted by Gasteiger charge is 2.33. The van der Waals surface area contributed by atoms with Gasteiger partial charge in [0.05, 0.1) is 5.02 Å². The maximum Gasteiger partial charge on any atom is 0.254 e. The lowest BCUT2D eigenvalue weighted by atomic mass is 10.1. The van der Waals surface area contributed by atoms with E-state index in [0.717, 1.165) is 16.5 Å². The van der Waals surface area contributed by atoms with Crippen molar-refractivity contribution in [2.45, 2.75) is 25.8 Å². The van der Waals surface area contributed by atoms with Gasteiger partial charge in [0.1, 0.15) is 6.04 Å². The Balaban J connectivity index is 2.32. The summed E-state index contributed by atoms with van der Waals surface area (Å²) in [5, 5.41) is 0.484. The molecule has 1 fully saturated rings. The minimum Gasteiger partial charge on any atom is -0.368 e. The summed E-state index contributed by atoms with van der Waals surface area (Å²) in [6.45, 7) is 2.42. The number of nitrogens with two attached hydrogens (primary N) is 1. The molecule has 0 spiro atoms. The molecule has 0 aromatic heterocycles. The van der Waals surface area contributed by atoms with Crippen molar-refractivity contribution in [2.24, 2.45) is 5.73 Å². The minimum absolute atomic E-state index is 0.196. The lowest BCUT2D eigenvalue weighted by molar-refractivity contribution is -0.121. The Hall–Kier alpha value is -1.07. The summed E-state index contributed by atoms with van der Waals surface area (Å²) >= 11 is 9.41. The quantitative estimate of drug-likeness (QED) is 0.895. The van der Waals surface area contributed by atoms with Crippen molar-refractivity contribution < 1.29 is 9.59 Å². The lowest BCUT2D eigenvalue weighted by Gasteiger charge is -2.22. The fourth-order valence-electron chi connectivity index (χ4n) is 2.32. The Labute approximate surface area is 125 Å². The third kappa shape index (κ3) is 2.77. The van der Waals surface area contributed by atoms with Crippen LogP contribution in [0.25, 0.3) is 0 Å². The highest BCUT2D eigenvalue weighted by atomic mass is 79.9. The van der Waals surface area contributed by atoms with Crippen LogP contribution in [0.1, 0.15) is 28.8 Å². The largest absolute Gasteiger partial charge is 0.368 e. The van der Waals surface area contributed by atoms with Crippen LogP contribution in [-0.4, -0.2) is 29.3 Å². The fourth-order valence-corrected chi connectivity index (χ4v) is 2.82. The number of aryl methyl sites for hydroxylation is 1. The van der Waals surface area contributed by atoms with Crippen LogP contribution in [0.3, 0.4) is 0 Å². The number of likely N-dealkylation sites (tertiary alicyclic amines) is 1. The molecule has 1 saturated heterocycles. The molecule has 2 amide bonds. The molecule has 0 radical (unpaired) electrons. The second kappa shape index (κ2) is 5.51. The molecule has 0 aliphatic carbocycles. The van der Waals surface area contributed by atoms with E-state index in [1.807, 2.05) is 6.92 Å². The first-order valence-electron chi connectivity index (χ1n) is 5.97. The second-order valence-corrected chi connectivity index (χ2v) is 5.85. The van der Waals surface area contributed by atoms with Gasteiger partial charge in [0.2, 0.25) is 5.91 Å². The van der Waals surface area contributed by atoms with Crippen LogP contribution in [0.2, 0.25) is 5.02 Å². The first-order valence-corrected chi connectivity index (χ1v) is 7.15. The molecule has 1 aliphatic heterocycles. The highest BCUT2D eigenvalue weighted by Crippen LogP contribution is 2.29. The third-order valence-corrected chi connectivity index (χ3v) is 4.88. The van der Waals surface area contributed by atoms with Crippen molar-refractivity contribution >= 4 is 39.3 Å². The van der Waals surface area contributed by atoms with E-state index < -0.39 is 11.9 Å². The van der Waals surface area contributed by atoms with E-state index in [9.17, 15) is 9.59 Å². The predicted molar refractivity (Wildman–Crippen MR) is 77.1 cm³/mol. The highest BCUT2D eigenvalue weighted by molar-refractivity contribution is 9.10. The van der Waals surface area contributed by atoms with Crippen molar-refractivity contribution in [3.8, 4) is 0 Å². The van der Waals surface area contributed by atoms with Crippen LogP contribution in [0.15, 0.2) is 16.6 Å². The van der Waals surface area contributed by atoms with Crippen molar-refractivity contribution in [1.82, 2.24) is 4.90 Å². The number of halogens is 2. The SMILES string of the molecule is Cc1cc(C(=O)N2CCC[C@@H]2C(N)=O)cc(Cl)c1Br. The zero-order chi connectivity index (χ0) is 14.2. The predicted octanol–water partition coefficient (Wildman–Crippen LogP) is 2.50. The Kier molecular flexibility index (Phi) is 4.16. The van der Waals surface area contributed by atoms with E-state index in [0.29, 0.717) is 23.6 Å². The van der Waals surface area contributed by atoms with Crippen LogP contribution in [-0.2, 0) is 4.79 Å². The van der Waals surface area contributed by atoms with Gasteiger partial charge < -0.3 is 10.6 Å². The standard InChI is InChI=1S/C13H14BrClN2O2/c1-7-5-8(6-9(15)11(7)14)13(19)17-4-2-3-10(17)12(16)18/h5-6,10H,2-4H2,1H3,(H2,16,18)/t10-/m1/s1. The monoisotopic (exact) mass is 344 g/mol. The van der Waals surface area contributed by atoms with Gasteiger partial charge in [-0.25, -0.2) is 0 Å². The normalized spacial score (nSPS) is 18.7. The van der Waals surface area contributed by atoms with Gasteiger partial charge in [-0.05, 0) is 53.4 Å². The van der Waals surface area contributed by atoms with Crippen LogP contribution in [0.5, 0.6) is 0 Å². The van der Waals surface area contributed by atoms with E-state index in [1.165, 1.54) is 4.90 Å². The van der Waals surface area contributed by atoms with Crippen LogP contribution in [0.4, 0.5) is 0 Å². The molecule has 0 saturated carbocycles. The molecule has 1 aromatic carbocycles. The molecule has 2 N–H and O–H groups in total. The van der Waals surface area contributed by atoms with Gasteiger partial charge in [-0.3, -0.25) is 9.59 Å². The minimum atomic E-state index is -0.504. The van der Waals surface area contributed by atoms with Gasteiger partial charge in [-0.1, -0.05) is 11.6 Å². The van der Waals surface area contributed by atoms with Gasteiger partial charge >= 0.3 is 0 Å². The zero-order valence-electron chi connectivity index (χ0n) is 10.5. The maximum atomic E-state index is 12.4. The topological polar surface area (TPSA) is 63.4 Å². The number of nitrogens with zero attached hydrogens (tertiary/aromatic N) is 1. The number of carbonyl (C=O) groups excluding carboxylic acids is 2. The number of rotatable bonds is 2. The number of amides is 2. The average Bonchev–Trinajstić information content (AvgIpc) is 2.83. The van der Waals surface area contributed by atoms with Crippen molar-refractivity contribution in [3.63, 3.8) is 0 Å². The molecule has 0 unspecified atom stereocenters. The molecule has 19 heavy (non-hydrogen) atoms. The van der Waals surface area contributed by atoms with Gasteiger partial charge in [0.15, 0.2) is 0 Å². The average molecular weight is 346 g/mol. The van der Waals surface area contributed by atoms with Crippen LogP contribution >= 0.6 is 27.5 Å². The van der Waals surface area contributed by atoms with Crippen molar-refractivity contribution in [3.05, 3.63) is 32.8 Å². The number of benzene rings is 1. The summed E-state index contributed by atoms with van der Waals surface area (Å²) in [5.41, 5.74) is 6.69. The second-order valence-electron chi connectivity index (χ2n) is 4.65. The van der Waals surface area contributed by atoms with E-state index in [2.05, 4.69) is 15.9 Å². The first kappa shape index (κ1) is 14.3. The fraction of sp³-hybridized carbons (Fsp3) is 0.385. The Morgan fingerprint density at radius 3 is 2.74 bits per heavy atom. The van der Waals surface area contributed by atoms with E-state index in [1.54, 1.807) is 12.1 Å². The molecule has 1 atom stereocenters. The Morgan fingerprint density at radius 1 is 1.47 bits per heavy atom.